The third-order valence-corrected chi connectivity index (χ3v) is 5.36. The number of anilines is 4. The molecule has 1 aliphatic rings. The normalized spacial score (nSPS) is 14.8. The monoisotopic (exact) mass is 473 g/mol. The van der Waals surface area contributed by atoms with Crippen LogP contribution < -0.4 is 26.2 Å². The number of halogens is 2. The van der Waals surface area contributed by atoms with Gasteiger partial charge in [0.1, 0.15) is 11.6 Å². The largest absolute Gasteiger partial charge is 0.495 e. The molecule has 164 valence electrons. The first-order valence-electron chi connectivity index (χ1n) is 9.45. The minimum absolute atomic E-state index is 0.00440. The van der Waals surface area contributed by atoms with Crippen LogP contribution in [0.25, 0.3) is 0 Å². The van der Waals surface area contributed by atoms with E-state index in [9.17, 15) is 14.4 Å². The summed E-state index contributed by atoms with van der Waals surface area (Å²) in [6.45, 7) is 0. The number of hydrogen-bond donors (Lipinski definition) is 4. The number of H-pyrrole nitrogens is 1. The number of hydrogen-bond acceptors (Lipinski definition) is 6. The summed E-state index contributed by atoms with van der Waals surface area (Å²) < 4.78 is 5.28. The molecule has 11 heteroatoms. The smallest absolute Gasteiger partial charge is 0.258 e. The number of aromatic amines is 1. The number of aromatic nitrogens is 2. The molecule has 1 aromatic heterocycles. The molecule has 0 fully saturated rings. The summed E-state index contributed by atoms with van der Waals surface area (Å²) in [5, 5.41) is 8.79. The van der Waals surface area contributed by atoms with Crippen molar-refractivity contribution in [3.8, 4) is 5.75 Å². The van der Waals surface area contributed by atoms with Crippen molar-refractivity contribution in [2.75, 3.05) is 23.1 Å². The summed E-state index contributed by atoms with van der Waals surface area (Å²) in [6, 6.07) is 11.6. The molecule has 1 atom stereocenters. The molecule has 3 aromatic rings. The highest BCUT2D eigenvalue weighted by atomic mass is 35.5. The van der Waals surface area contributed by atoms with Crippen LogP contribution in [0.4, 0.5) is 23.1 Å². The zero-order chi connectivity index (χ0) is 22.8. The summed E-state index contributed by atoms with van der Waals surface area (Å²) >= 11 is 12.0. The number of carbonyl (C=O) groups excluding carboxylic acids is 2. The lowest BCUT2D eigenvalue weighted by atomic mass is 9.92. The van der Waals surface area contributed by atoms with E-state index in [0.717, 1.165) is 0 Å². The van der Waals surface area contributed by atoms with Crippen LogP contribution in [0.15, 0.2) is 47.3 Å². The summed E-state index contributed by atoms with van der Waals surface area (Å²) in [5.41, 5.74) is 0.367. The van der Waals surface area contributed by atoms with Crippen LogP contribution >= 0.6 is 23.2 Å². The summed E-state index contributed by atoms with van der Waals surface area (Å²) in [5.74, 6) is -1.44. The minimum atomic E-state index is -1.05. The topological polar surface area (TPSA) is 125 Å². The second-order valence-electron chi connectivity index (χ2n) is 6.92. The average Bonchev–Trinajstić information content (AvgIpc) is 2.75. The minimum Gasteiger partial charge on any atom is -0.495 e. The first-order valence-corrected chi connectivity index (χ1v) is 10.2. The van der Waals surface area contributed by atoms with Crippen molar-refractivity contribution >= 4 is 58.2 Å². The van der Waals surface area contributed by atoms with Gasteiger partial charge < -0.3 is 20.7 Å². The highest BCUT2D eigenvalue weighted by Gasteiger charge is 2.35. The number of carbonyl (C=O) groups is 2. The van der Waals surface area contributed by atoms with Crippen molar-refractivity contribution in [1.82, 2.24) is 9.97 Å². The first-order chi connectivity index (χ1) is 15.4. The Morgan fingerprint density at radius 2 is 1.94 bits per heavy atom. The molecular weight excluding hydrogens is 457 g/mol. The summed E-state index contributed by atoms with van der Waals surface area (Å²) in [7, 11) is 1.51. The molecule has 0 saturated carbocycles. The molecule has 4 N–H and O–H groups in total. The maximum atomic E-state index is 12.9. The molecule has 1 aliphatic heterocycles. The highest BCUT2D eigenvalue weighted by molar-refractivity contribution is 6.36. The molecule has 32 heavy (non-hydrogen) atoms. The number of para-hydroxylation sites is 2. The van der Waals surface area contributed by atoms with E-state index in [1.54, 1.807) is 30.3 Å². The number of nitrogens with one attached hydrogen (secondary N) is 4. The molecule has 1 unspecified atom stereocenters. The molecule has 0 radical (unpaired) electrons. The number of fused-ring (bicyclic) bond motifs is 1. The Morgan fingerprint density at radius 1 is 1.16 bits per heavy atom. The first kappa shape index (κ1) is 21.7. The van der Waals surface area contributed by atoms with E-state index >= 15 is 0 Å². The Kier molecular flexibility index (Phi) is 6.02. The summed E-state index contributed by atoms with van der Waals surface area (Å²) in [6.07, 6.45) is -0.214. The second kappa shape index (κ2) is 8.89. The van der Waals surface area contributed by atoms with E-state index in [0.29, 0.717) is 22.1 Å². The molecule has 4 rings (SSSR count). The van der Waals surface area contributed by atoms with Crippen molar-refractivity contribution in [2.45, 2.75) is 12.3 Å². The van der Waals surface area contributed by atoms with Crippen LogP contribution in [0.2, 0.25) is 10.0 Å². The van der Waals surface area contributed by atoms with Gasteiger partial charge in [-0.05, 0) is 30.3 Å². The Morgan fingerprint density at radius 3 is 2.69 bits per heavy atom. The lowest BCUT2D eigenvalue weighted by Gasteiger charge is -2.24. The molecule has 0 bridgehead atoms. The van der Waals surface area contributed by atoms with Crippen LogP contribution in [-0.2, 0) is 9.59 Å². The quantitative estimate of drug-likeness (QED) is 0.445. The van der Waals surface area contributed by atoms with Gasteiger partial charge in [0.05, 0.1) is 35.0 Å². The number of benzene rings is 2. The van der Waals surface area contributed by atoms with Gasteiger partial charge >= 0.3 is 0 Å². The van der Waals surface area contributed by atoms with Crippen LogP contribution in [-0.4, -0.2) is 28.9 Å². The van der Waals surface area contributed by atoms with Gasteiger partial charge in [0, 0.05) is 11.4 Å². The number of nitrogens with zero attached hydrogens (tertiary/aromatic N) is 1. The Labute approximate surface area is 192 Å². The zero-order valence-electron chi connectivity index (χ0n) is 16.7. The molecule has 0 saturated heterocycles. The fourth-order valence-electron chi connectivity index (χ4n) is 3.34. The van der Waals surface area contributed by atoms with Gasteiger partial charge in [-0.3, -0.25) is 19.4 Å². The number of rotatable bonds is 5. The van der Waals surface area contributed by atoms with Crippen LogP contribution in [0.5, 0.6) is 5.75 Å². The molecule has 0 aliphatic carbocycles. The van der Waals surface area contributed by atoms with Crippen LogP contribution in [0.3, 0.4) is 0 Å². The van der Waals surface area contributed by atoms with Gasteiger partial charge in [0.15, 0.2) is 0 Å². The van der Waals surface area contributed by atoms with Gasteiger partial charge in [-0.1, -0.05) is 35.3 Å². The second-order valence-corrected chi connectivity index (χ2v) is 7.76. The van der Waals surface area contributed by atoms with Gasteiger partial charge in [-0.15, -0.1) is 0 Å². The van der Waals surface area contributed by atoms with Crippen LogP contribution in [0, 0.1) is 0 Å². The maximum Gasteiger partial charge on any atom is 0.258 e. The van der Waals surface area contributed by atoms with Gasteiger partial charge in [-0.25, -0.2) is 0 Å². The SMILES string of the molecule is COc1ccccc1Nc1nc2c(c(=O)[nH]1)C(C(=O)Nc1ccc(Cl)cc1Cl)CC(=O)N2. The predicted octanol–water partition coefficient (Wildman–Crippen LogP) is 3.89. The number of methoxy groups -OCH3 is 1. The standard InChI is InChI=1S/C21H17Cl2N5O4/c1-32-15-5-3-2-4-14(15)25-21-27-18-17(20(31)28-21)11(9-16(29)26-18)19(30)24-13-7-6-10(22)8-12(13)23/h2-8,11H,9H2,1H3,(H,24,30)(H3,25,26,27,28,29,31). The van der Waals surface area contributed by atoms with Crippen molar-refractivity contribution in [3.63, 3.8) is 0 Å². The highest BCUT2D eigenvalue weighted by Crippen LogP contribution is 2.32. The van der Waals surface area contributed by atoms with E-state index in [1.807, 2.05) is 0 Å². The van der Waals surface area contributed by atoms with Crippen LogP contribution in [0.1, 0.15) is 17.9 Å². The van der Waals surface area contributed by atoms with Crippen molar-refractivity contribution in [1.29, 1.82) is 0 Å². The van der Waals surface area contributed by atoms with E-state index in [4.69, 9.17) is 27.9 Å². The fraction of sp³-hybridized carbons (Fsp3) is 0.143. The van der Waals surface area contributed by atoms with Gasteiger partial charge in [0.2, 0.25) is 17.8 Å². The lowest BCUT2D eigenvalue weighted by Crippen LogP contribution is -2.36. The van der Waals surface area contributed by atoms with Gasteiger partial charge in [-0.2, -0.15) is 4.98 Å². The number of ether oxygens (including phenoxy) is 1. The van der Waals surface area contributed by atoms with E-state index in [-0.39, 0.29) is 28.8 Å². The number of amides is 2. The Bertz CT molecular complexity index is 1280. The zero-order valence-corrected chi connectivity index (χ0v) is 18.2. The average molecular weight is 474 g/mol. The lowest BCUT2D eigenvalue weighted by molar-refractivity contribution is -0.123. The van der Waals surface area contributed by atoms with Crippen molar-refractivity contribution < 1.29 is 14.3 Å². The van der Waals surface area contributed by atoms with E-state index in [1.165, 1.54) is 19.2 Å². The third kappa shape index (κ3) is 4.39. The Hall–Kier alpha value is -3.56. The maximum absolute atomic E-state index is 12.9. The van der Waals surface area contributed by atoms with E-state index < -0.39 is 23.3 Å². The molecule has 2 aromatic carbocycles. The van der Waals surface area contributed by atoms with Gasteiger partial charge in [0.25, 0.3) is 5.56 Å². The summed E-state index contributed by atoms with van der Waals surface area (Å²) in [4.78, 5) is 45.0. The van der Waals surface area contributed by atoms with E-state index in [2.05, 4.69) is 25.9 Å². The molecule has 9 nitrogen and oxygen atoms in total. The molecule has 0 spiro atoms. The Balaban J connectivity index is 1.65. The van der Waals surface area contributed by atoms with Crippen molar-refractivity contribution in [2.24, 2.45) is 0 Å². The fourth-order valence-corrected chi connectivity index (χ4v) is 3.80. The third-order valence-electron chi connectivity index (χ3n) is 4.82. The molecular formula is C21H17Cl2N5O4. The van der Waals surface area contributed by atoms with Crippen molar-refractivity contribution in [3.05, 3.63) is 68.4 Å². The predicted molar refractivity (Wildman–Crippen MR) is 122 cm³/mol. The molecule has 2 amide bonds. The molecule has 2 heterocycles.